The highest BCUT2D eigenvalue weighted by Crippen LogP contribution is 2.30. The molecule has 0 amide bonds. The third kappa shape index (κ3) is 2.86. The van der Waals surface area contributed by atoms with Crippen molar-refractivity contribution in [2.45, 2.75) is 32.8 Å². The number of hydrogen-bond donors (Lipinski definition) is 1. The summed E-state index contributed by atoms with van der Waals surface area (Å²) in [6.45, 7) is 6.54. The van der Waals surface area contributed by atoms with Crippen LogP contribution in [0, 0.1) is 0 Å². The molecule has 1 aromatic carbocycles. The molecule has 0 aliphatic heterocycles. The van der Waals surface area contributed by atoms with Gasteiger partial charge in [-0.05, 0) is 54.4 Å². The van der Waals surface area contributed by atoms with Gasteiger partial charge < -0.3 is 15.0 Å². The molecule has 2 rings (SSSR count). The van der Waals surface area contributed by atoms with Crippen LogP contribution in [0.25, 0.3) is 11.5 Å². The molecular formula is C14H18BrN3O2. The summed E-state index contributed by atoms with van der Waals surface area (Å²) in [5.41, 5.74) is 6.73. The lowest BCUT2D eigenvalue weighted by atomic mass is 10.0. The Labute approximate surface area is 126 Å². The van der Waals surface area contributed by atoms with E-state index in [0.717, 1.165) is 16.5 Å². The number of nitrogen functional groups attached to an aromatic ring is 1. The Hall–Kier alpha value is -1.40. The average molecular weight is 340 g/mol. The first-order valence-corrected chi connectivity index (χ1v) is 7.33. The number of benzene rings is 1. The number of nitrogens with zero attached hydrogens (tertiary/aromatic N) is 2. The Morgan fingerprint density at radius 1 is 1.40 bits per heavy atom. The number of nitrogens with two attached hydrogens (primary N) is 1. The first-order valence-electron chi connectivity index (χ1n) is 6.53. The van der Waals surface area contributed by atoms with E-state index in [0.29, 0.717) is 24.0 Å². The van der Waals surface area contributed by atoms with Crippen molar-refractivity contribution in [3.8, 4) is 11.5 Å². The fraction of sp³-hybridized carbons (Fsp3) is 0.429. The number of ether oxygens (including phenoxy) is 1. The van der Waals surface area contributed by atoms with E-state index in [-0.39, 0.29) is 0 Å². The van der Waals surface area contributed by atoms with E-state index >= 15 is 0 Å². The molecule has 1 aromatic heterocycles. The molecule has 2 N–H and O–H groups in total. The zero-order chi connectivity index (χ0) is 14.8. The van der Waals surface area contributed by atoms with Crippen molar-refractivity contribution in [2.24, 2.45) is 0 Å². The van der Waals surface area contributed by atoms with Crippen LogP contribution in [0.4, 0.5) is 5.69 Å². The maximum atomic E-state index is 5.77. The summed E-state index contributed by atoms with van der Waals surface area (Å²) in [6.07, 6.45) is 0.769. The monoisotopic (exact) mass is 339 g/mol. The van der Waals surface area contributed by atoms with E-state index in [1.165, 1.54) is 0 Å². The predicted molar refractivity (Wildman–Crippen MR) is 81.1 cm³/mol. The molecule has 0 bridgehead atoms. The van der Waals surface area contributed by atoms with Crippen LogP contribution in [0.1, 0.15) is 33.0 Å². The zero-order valence-electron chi connectivity index (χ0n) is 11.8. The second-order valence-electron chi connectivity index (χ2n) is 4.68. The Kier molecular flexibility index (Phi) is 4.45. The van der Waals surface area contributed by atoms with Crippen LogP contribution in [0.2, 0.25) is 0 Å². The van der Waals surface area contributed by atoms with E-state index in [2.05, 4.69) is 26.1 Å². The van der Waals surface area contributed by atoms with Gasteiger partial charge in [0.15, 0.2) is 0 Å². The third-order valence-electron chi connectivity index (χ3n) is 3.28. The third-order valence-corrected chi connectivity index (χ3v) is 3.97. The average Bonchev–Trinajstić information content (AvgIpc) is 2.92. The standard InChI is InChI=1S/C14H18BrN3O2/c1-4-14(3,19-5-2)13-17-12(20-18-13)9-6-7-11(16)10(15)8-9/h6-8H,4-5,16H2,1-3H3. The summed E-state index contributed by atoms with van der Waals surface area (Å²) in [5, 5.41) is 4.05. The molecule has 0 radical (unpaired) electrons. The highest BCUT2D eigenvalue weighted by atomic mass is 79.9. The summed E-state index contributed by atoms with van der Waals surface area (Å²) in [4.78, 5) is 4.45. The fourth-order valence-corrected chi connectivity index (χ4v) is 2.24. The van der Waals surface area contributed by atoms with Gasteiger partial charge in [0.2, 0.25) is 5.82 Å². The van der Waals surface area contributed by atoms with Gasteiger partial charge in [-0.1, -0.05) is 12.1 Å². The number of anilines is 1. The fourth-order valence-electron chi connectivity index (χ4n) is 1.86. The summed E-state index contributed by atoms with van der Waals surface area (Å²) < 4.78 is 11.9. The maximum Gasteiger partial charge on any atom is 0.258 e. The Morgan fingerprint density at radius 3 is 2.75 bits per heavy atom. The summed E-state index contributed by atoms with van der Waals surface area (Å²) in [5.74, 6) is 1.02. The summed E-state index contributed by atoms with van der Waals surface area (Å²) in [6, 6.07) is 5.50. The first kappa shape index (κ1) is 15.0. The smallest absolute Gasteiger partial charge is 0.258 e. The van der Waals surface area contributed by atoms with E-state index < -0.39 is 5.60 Å². The van der Waals surface area contributed by atoms with Crippen molar-refractivity contribution >= 4 is 21.6 Å². The van der Waals surface area contributed by atoms with E-state index in [1.54, 1.807) is 6.07 Å². The molecule has 5 nitrogen and oxygen atoms in total. The molecule has 1 atom stereocenters. The van der Waals surface area contributed by atoms with Gasteiger partial charge in [0.1, 0.15) is 5.60 Å². The lowest BCUT2D eigenvalue weighted by molar-refractivity contribution is -0.0403. The van der Waals surface area contributed by atoms with Crippen molar-refractivity contribution < 1.29 is 9.26 Å². The van der Waals surface area contributed by atoms with Crippen molar-refractivity contribution in [2.75, 3.05) is 12.3 Å². The molecule has 0 aliphatic carbocycles. The van der Waals surface area contributed by atoms with E-state index in [9.17, 15) is 0 Å². The van der Waals surface area contributed by atoms with Gasteiger partial charge in [0.25, 0.3) is 5.89 Å². The molecule has 6 heteroatoms. The molecule has 0 saturated carbocycles. The lowest BCUT2D eigenvalue weighted by Crippen LogP contribution is -2.26. The highest BCUT2D eigenvalue weighted by molar-refractivity contribution is 9.10. The quantitative estimate of drug-likeness (QED) is 0.839. The van der Waals surface area contributed by atoms with Crippen LogP contribution in [0.15, 0.2) is 27.2 Å². The van der Waals surface area contributed by atoms with Crippen molar-refractivity contribution in [3.05, 3.63) is 28.5 Å². The van der Waals surface area contributed by atoms with Crippen LogP contribution < -0.4 is 5.73 Å². The van der Waals surface area contributed by atoms with Gasteiger partial charge in [0, 0.05) is 22.3 Å². The van der Waals surface area contributed by atoms with Gasteiger partial charge >= 0.3 is 0 Å². The SMILES string of the molecule is CCOC(C)(CC)c1noc(-c2ccc(N)c(Br)c2)n1. The van der Waals surface area contributed by atoms with Crippen LogP contribution in [0.3, 0.4) is 0 Å². The summed E-state index contributed by atoms with van der Waals surface area (Å²) >= 11 is 3.39. The van der Waals surface area contributed by atoms with Crippen LogP contribution >= 0.6 is 15.9 Å². The molecule has 2 aromatic rings. The molecule has 0 saturated heterocycles. The van der Waals surface area contributed by atoms with E-state index in [1.807, 2.05) is 32.9 Å². The van der Waals surface area contributed by atoms with Gasteiger partial charge in [-0.3, -0.25) is 0 Å². The molecule has 0 aliphatic rings. The minimum absolute atomic E-state index is 0.458. The second-order valence-corrected chi connectivity index (χ2v) is 5.53. The van der Waals surface area contributed by atoms with Crippen molar-refractivity contribution in [1.82, 2.24) is 10.1 Å². The summed E-state index contributed by atoms with van der Waals surface area (Å²) in [7, 11) is 0. The molecular weight excluding hydrogens is 322 g/mol. The molecule has 0 fully saturated rings. The van der Waals surface area contributed by atoms with Gasteiger partial charge in [0.05, 0.1) is 0 Å². The Bertz CT molecular complexity index is 600. The Morgan fingerprint density at radius 2 is 2.15 bits per heavy atom. The molecule has 1 heterocycles. The van der Waals surface area contributed by atoms with Gasteiger partial charge in [-0.2, -0.15) is 4.98 Å². The number of hydrogen-bond acceptors (Lipinski definition) is 5. The highest BCUT2D eigenvalue weighted by Gasteiger charge is 2.31. The van der Waals surface area contributed by atoms with Gasteiger partial charge in [-0.25, -0.2) is 0 Å². The molecule has 0 spiro atoms. The zero-order valence-corrected chi connectivity index (χ0v) is 13.4. The minimum Gasteiger partial charge on any atom is -0.398 e. The normalized spacial score (nSPS) is 14.2. The number of rotatable bonds is 5. The van der Waals surface area contributed by atoms with Crippen LogP contribution in [-0.4, -0.2) is 16.7 Å². The predicted octanol–water partition coefficient (Wildman–Crippen LogP) is 3.74. The number of aromatic nitrogens is 2. The Balaban J connectivity index is 2.34. The largest absolute Gasteiger partial charge is 0.398 e. The lowest BCUT2D eigenvalue weighted by Gasteiger charge is -2.23. The number of halogens is 1. The molecule has 1 unspecified atom stereocenters. The van der Waals surface area contributed by atoms with E-state index in [4.69, 9.17) is 15.0 Å². The van der Waals surface area contributed by atoms with Crippen LogP contribution in [-0.2, 0) is 10.3 Å². The van der Waals surface area contributed by atoms with Crippen molar-refractivity contribution in [3.63, 3.8) is 0 Å². The van der Waals surface area contributed by atoms with Crippen molar-refractivity contribution in [1.29, 1.82) is 0 Å². The molecule has 20 heavy (non-hydrogen) atoms. The topological polar surface area (TPSA) is 74.2 Å². The van der Waals surface area contributed by atoms with Crippen LogP contribution in [0.5, 0.6) is 0 Å². The minimum atomic E-state index is -0.526. The second kappa shape index (κ2) is 5.93. The van der Waals surface area contributed by atoms with Gasteiger partial charge in [-0.15, -0.1) is 0 Å². The first-order chi connectivity index (χ1) is 9.50. The maximum absolute atomic E-state index is 5.77. The molecule has 108 valence electrons.